The van der Waals surface area contributed by atoms with Gasteiger partial charge in [-0.25, -0.2) is 12.8 Å². The van der Waals surface area contributed by atoms with Gasteiger partial charge in [-0.15, -0.1) is 0 Å². The Morgan fingerprint density at radius 2 is 1.66 bits per heavy atom. The number of rotatable bonds is 6. The topological polar surface area (TPSA) is 132 Å². The van der Waals surface area contributed by atoms with Gasteiger partial charge in [-0.2, -0.15) is 0 Å². The molecule has 0 fully saturated rings. The maximum absolute atomic E-state index is 13.1. The molecular weight excluding hydrogens is 437 g/mol. The van der Waals surface area contributed by atoms with E-state index in [0.717, 1.165) is 24.3 Å². The van der Waals surface area contributed by atoms with Gasteiger partial charge >= 0.3 is 0 Å². The van der Waals surface area contributed by atoms with Gasteiger partial charge < -0.3 is 15.5 Å². The number of halogens is 1. The van der Waals surface area contributed by atoms with Crippen molar-refractivity contribution in [2.24, 2.45) is 5.73 Å². The lowest BCUT2D eigenvalue weighted by molar-refractivity contribution is 0.0977. The smallest absolute Gasteiger partial charge is 0.286 e. The number of carbonyl (C=O) groups is 2. The molecule has 0 aliphatic rings. The molecule has 0 atom stereocenters. The second-order valence-corrected chi connectivity index (χ2v) is 8.44. The summed E-state index contributed by atoms with van der Waals surface area (Å²) in [4.78, 5) is 24.5. The molecule has 0 aliphatic carbocycles. The number of anilines is 2. The molecule has 162 valence electrons. The summed E-state index contributed by atoms with van der Waals surface area (Å²) in [5.41, 5.74) is 6.10. The molecule has 0 aliphatic heterocycles. The van der Waals surface area contributed by atoms with Gasteiger partial charge in [0.2, 0.25) is 5.76 Å². The van der Waals surface area contributed by atoms with E-state index in [-0.39, 0.29) is 27.6 Å². The first-order valence-corrected chi connectivity index (χ1v) is 10.7. The normalized spacial score (nSPS) is 11.3. The fourth-order valence-corrected chi connectivity index (χ4v) is 4.13. The second kappa shape index (κ2) is 8.16. The summed E-state index contributed by atoms with van der Waals surface area (Å²) in [7, 11) is -3.99. The molecule has 2 amide bonds. The summed E-state index contributed by atoms with van der Waals surface area (Å²) in [6.45, 7) is 0. The van der Waals surface area contributed by atoms with Crippen molar-refractivity contribution in [3.63, 3.8) is 0 Å². The standard InChI is InChI=1S/C22H16FN3O5S/c23-14-8-10-16(11-9-14)32(29,30)26-15-5-3-4-13(12-15)22(28)25-19-17-6-1-2-7-18(17)31-20(19)21(24)27/h1-12,26H,(H2,24,27)(H,25,28). The molecule has 0 bridgehead atoms. The predicted octanol–water partition coefficient (Wildman–Crippen LogP) is 3.72. The molecular formula is C22H16FN3O5S. The minimum Gasteiger partial charge on any atom is -0.449 e. The molecule has 4 rings (SSSR count). The third kappa shape index (κ3) is 4.16. The van der Waals surface area contributed by atoms with Crippen LogP contribution >= 0.6 is 0 Å². The van der Waals surface area contributed by atoms with Gasteiger partial charge in [0.1, 0.15) is 17.1 Å². The molecule has 3 aromatic carbocycles. The van der Waals surface area contributed by atoms with Crippen molar-refractivity contribution in [3.05, 3.63) is 89.9 Å². The highest BCUT2D eigenvalue weighted by molar-refractivity contribution is 7.92. The molecule has 10 heteroatoms. The summed E-state index contributed by atoms with van der Waals surface area (Å²) < 4.78 is 45.9. The van der Waals surface area contributed by atoms with E-state index < -0.39 is 27.7 Å². The van der Waals surface area contributed by atoms with E-state index in [2.05, 4.69) is 10.0 Å². The van der Waals surface area contributed by atoms with Crippen LogP contribution in [0, 0.1) is 5.82 Å². The SMILES string of the molecule is NC(=O)c1oc2ccccc2c1NC(=O)c1cccc(NS(=O)(=O)c2ccc(F)cc2)c1. The number of nitrogens with one attached hydrogen (secondary N) is 2. The van der Waals surface area contributed by atoms with Gasteiger partial charge in [-0.05, 0) is 54.6 Å². The average molecular weight is 453 g/mol. The zero-order chi connectivity index (χ0) is 22.9. The van der Waals surface area contributed by atoms with E-state index in [1.54, 1.807) is 24.3 Å². The predicted molar refractivity (Wildman–Crippen MR) is 116 cm³/mol. The van der Waals surface area contributed by atoms with Crippen LogP contribution in [-0.4, -0.2) is 20.2 Å². The Morgan fingerprint density at radius 3 is 2.38 bits per heavy atom. The summed E-state index contributed by atoms with van der Waals surface area (Å²) >= 11 is 0. The highest BCUT2D eigenvalue weighted by atomic mass is 32.2. The van der Waals surface area contributed by atoms with Gasteiger partial charge in [0, 0.05) is 16.6 Å². The fourth-order valence-electron chi connectivity index (χ4n) is 3.08. The van der Waals surface area contributed by atoms with Crippen LogP contribution in [0.15, 0.2) is 82.1 Å². The number of amides is 2. The third-order valence-electron chi connectivity index (χ3n) is 4.56. The number of benzene rings is 3. The van der Waals surface area contributed by atoms with Crippen LogP contribution < -0.4 is 15.8 Å². The van der Waals surface area contributed by atoms with Crippen LogP contribution in [0.3, 0.4) is 0 Å². The van der Waals surface area contributed by atoms with Crippen molar-refractivity contribution in [2.45, 2.75) is 4.90 Å². The Morgan fingerprint density at radius 1 is 0.938 bits per heavy atom. The van der Waals surface area contributed by atoms with E-state index >= 15 is 0 Å². The van der Waals surface area contributed by atoms with Crippen molar-refractivity contribution in [1.82, 2.24) is 0 Å². The molecule has 0 radical (unpaired) electrons. The van der Waals surface area contributed by atoms with Crippen molar-refractivity contribution >= 4 is 44.2 Å². The summed E-state index contributed by atoms with van der Waals surface area (Å²) in [5.74, 6) is -2.23. The monoisotopic (exact) mass is 453 g/mol. The van der Waals surface area contributed by atoms with Gasteiger partial charge in [0.05, 0.1) is 4.90 Å². The van der Waals surface area contributed by atoms with Crippen LogP contribution in [0.5, 0.6) is 0 Å². The lowest BCUT2D eigenvalue weighted by Crippen LogP contribution is -2.17. The van der Waals surface area contributed by atoms with E-state index in [1.807, 2.05) is 0 Å². The maximum atomic E-state index is 13.1. The van der Waals surface area contributed by atoms with Crippen LogP contribution in [-0.2, 0) is 10.0 Å². The summed E-state index contributed by atoms with van der Waals surface area (Å²) in [6, 6.07) is 16.8. The van der Waals surface area contributed by atoms with Crippen molar-refractivity contribution < 1.29 is 26.8 Å². The number of sulfonamides is 1. The molecule has 4 N–H and O–H groups in total. The second-order valence-electron chi connectivity index (χ2n) is 6.76. The van der Waals surface area contributed by atoms with E-state index in [1.165, 1.54) is 24.3 Å². The molecule has 1 aromatic heterocycles. The highest BCUT2D eigenvalue weighted by Crippen LogP contribution is 2.31. The number of primary amides is 1. The first-order chi connectivity index (χ1) is 15.2. The zero-order valence-electron chi connectivity index (χ0n) is 16.3. The molecule has 32 heavy (non-hydrogen) atoms. The van der Waals surface area contributed by atoms with Crippen LogP contribution in [0.4, 0.5) is 15.8 Å². The maximum Gasteiger partial charge on any atom is 0.286 e. The number of fused-ring (bicyclic) bond motifs is 1. The van der Waals surface area contributed by atoms with Crippen LogP contribution in [0.2, 0.25) is 0 Å². The van der Waals surface area contributed by atoms with Gasteiger partial charge in [0.25, 0.3) is 21.8 Å². The fraction of sp³-hybridized carbons (Fsp3) is 0. The Labute approximate surface area is 181 Å². The van der Waals surface area contributed by atoms with Crippen molar-refractivity contribution in [3.8, 4) is 0 Å². The Balaban J connectivity index is 1.61. The van der Waals surface area contributed by atoms with E-state index in [9.17, 15) is 22.4 Å². The largest absolute Gasteiger partial charge is 0.449 e. The number of nitrogens with two attached hydrogens (primary N) is 1. The lowest BCUT2D eigenvalue weighted by Gasteiger charge is -2.10. The average Bonchev–Trinajstić information content (AvgIpc) is 3.13. The first kappa shape index (κ1) is 21.1. The molecule has 0 saturated heterocycles. The lowest BCUT2D eigenvalue weighted by atomic mass is 10.1. The number of hydrogen-bond donors (Lipinski definition) is 3. The highest BCUT2D eigenvalue weighted by Gasteiger charge is 2.21. The zero-order valence-corrected chi connectivity index (χ0v) is 17.1. The van der Waals surface area contributed by atoms with E-state index in [0.29, 0.717) is 11.0 Å². The molecule has 1 heterocycles. The van der Waals surface area contributed by atoms with E-state index in [4.69, 9.17) is 10.2 Å². The van der Waals surface area contributed by atoms with Crippen LogP contribution in [0.25, 0.3) is 11.0 Å². The number of carbonyl (C=O) groups excluding carboxylic acids is 2. The number of hydrogen-bond acceptors (Lipinski definition) is 5. The molecule has 0 unspecified atom stereocenters. The van der Waals surface area contributed by atoms with Crippen molar-refractivity contribution in [2.75, 3.05) is 10.0 Å². The number of furan rings is 1. The molecule has 0 saturated carbocycles. The van der Waals surface area contributed by atoms with Gasteiger partial charge in [0.15, 0.2) is 0 Å². The number of para-hydroxylation sites is 1. The quantitative estimate of drug-likeness (QED) is 0.409. The van der Waals surface area contributed by atoms with Crippen LogP contribution in [0.1, 0.15) is 20.9 Å². The molecule has 4 aromatic rings. The third-order valence-corrected chi connectivity index (χ3v) is 5.96. The van der Waals surface area contributed by atoms with Gasteiger partial charge in [-0.1, -0.05) is 18.2 Å². The first-order valence-electron chi connectivity index (χ1n) is 9.26. The summed E-state index contributed by atoms with van der Waals surface area (Å²) in [6.07, 6.45) is 0. The summed E-state index contributed by atoms with van der Waals surface area (Å²) in [5, 5.41) is 3.10. The minimum atomic E-state index is -3.99. The minimum absolute atomic E-state index is 0.116. The molecule has 0 spiro atoms. The van der Waals surface area contributed by atoms with Gasteiger partial charge in [-0.3, -0.25) is 14.3 Å². The van der Waals surface area contributed by atoms with Crippen molar-refractivity contribution in [1.29, 1.82) is 0 Å². The Hall–Kier alpha value is -4.18. The molecule has 8 nitrogen and oxygen atoms in total. The Bertz CT molecular complexity index is 1450. The Kier molecular flexibility index (Phi) is 5.37.